The Morgan fingerprint density at radius 1 is 1.04 bits per heavy atom. The van der Waals surface area contributed by atoms with E-state index in [9.17, 15) is 9.59 Å². The number of rotatable bonds is 5. The molecule has 1 fully saturated rings. The summed E-state index contributed by atoms with van der Waals surface area (Å²) in [5, 5.41) is 0. The van der Waals surface area contributed by atoms with Crippen LogP contribution in [0.4, 0.5) is 5.69 Å². The number of para-hydroxylation sites is 1. The van der Waals surface area contributed by atoms with E-state index in [0.717, 1.165) is 11.3 Å². The van der Waals surface area contributed by atoms with Gasteiger partial charge < -0.3 is 4.90 Å². The van der Waals surface area contributed by atoms with Crippen molar-refractivity contribution < 1.29 is 9.59 Å². The highest BCUT2D eigenvalue weighted by molar-refractivity contribution is 6.00. The smallest absolute Gasteiger partial charge is 0.248 e. The highest BCUT2D eigenvalue weighted by Gasteiger charge is 2.31. The molecule has 0 radical (unpaired) electrons. The Morgan fingerprint density at radius 3 is 2.33 bits per heavy atom. The van der Waals surface area contributed by atoms with Crippen LogP contribution in [0.2, 0.25) is 0 Å². The van der Waals surface area contributed by atoms with Crippen molar-refractivity contribution in [3.05, 3.63) is 66.2 Å². The maximum absolute atomic E-state index is 12.5. The Labute approximate surface area is 142 Å². The molecule has 0 unspecified atom stereocenters. The predicted molar refractivity (Wildman–Crippen MR) is 93.3 cm³/mol. The quantitative estimate of drug-likeness (QED) is 0.845. The van der Waals surface area contributed by atoms with Gasteiger partial charge in [-0.3, -0.25) is 19.4 Å². The third-order valence-corrected chi connectivity index (χ3v) is 4.06. The summed E-state index contributed by atoms with van der Waals surface area (Å²) in [6.45, 7) is 1.47. The molecule has 0 atom stereocenters. The zero-order valence-corrected chi connectivity index (χ0v) is 13.8. The molecule has 1 aliphatic heterocycles. The first kappa shape index (κ1) is 16.2. The van der Waals surface area contributed by atoms with Crippen molar-refractivity contribution in [1.29, 1.82) is 0 Å². The van der Waals surface area contributed by atoms with Gasteiger partial charge in [0, 0.05) is 12.2 Å². The molecule has 2 aromatic rings. The van der Waals surface area contributed by atoms with Gasteiger partial charge in [-0.15, -0.1) is 0 Å². The molecule has 2 aromatic carbocycles. The number of hydrogen-bond acceptors (Lipinski definition) is 3. The lowest BCUT2D eigenvalue weighted by atomic mass is 10.2. The van der Waals surface area contributed by atoms with Crippen LogP contribution in [-0.2, 0) is 16.1 Å². The molecule has 2 amide bonds. The fraction of sp³-hybridized carbons (Fsp3) is 0.263. The topological polar surface area (TPSA) is 43.9 Å². The van der Waals surface area contributed by atoms with E-state index in [1.807, 2.05) is 72.6 Å². The Kier molecular flexibility index (Phi) is 4.91. The van der Waals surface area contributed by atoms with Crippen LogP contribution in [0, 0.1) is 0 Å². The van der Waals surface area contributed by atoms with E-state index in [1.54, 1.807) is 9.80 Å². The average molecular weight is 323 g/mol. The molecule has 5 heteroatoms. The Bertz CT molecular complexity index is 703. The first-order valence-corrected chi connectivity index (χ1v) is 7.99. The van der Waals surface area contributed by atoms with E-state index in [0.29, 0.717) is 19.8 Å². The Balaban J connectivity index is 1.57. The minimum Gasteiger partial charge on any atom is -0.314 e. The molecule has 3 rings (SSSR count). The van der Waals surface area contributed by atoms with Gasteiger partial charge in [-0.25, -0.2) is 0 Å². The molecule has 5 nitrogen and oxygen atoms in total. The molecule has 1 aliphatic rings. The largest absolute Gasteiger partial charge is 0.314 e. The summed E-state index contributed by atoms with van der Waals surface area (Å²) >= 11 is 0. The van der Waals surface area contributed by atoms with E-state index in [4.69, 9.17) is 0 Å². The zero-order chi connectivity index (χ0) is 16.9. The predicted octanol–water partition coefficient (Wildman–Crippen LogP) is 1.95. The molecule has 0 aromatic heterocycles. The first-order valence-electron chi connectivity index (χ1n) is 7.99. The number of likely N-dealkylation sites (N-methyl/N-ethyl adjacent to an activating group) is 1. The Hall–Kier alpha value is -2.66. The third-order valence-electron chi connectivity index (χ3n) is 4.06. The van der Waals surface area contributed by atoms with Crippen molar-refractivity contribution in [2.24, 2.45) is 0 Å². The molecule has 1 heterocycles. The molecule has 1 saturated heterocycles. The number of benzene rings is 2. The van der Waals surface area contributed by atoms with Crippen LogP contribution < -0.4 is 4.90 Å². The summed E-state index contributed by atoms with van der Waals surface area (Å²) in [6.07, 6.45) is 0. The van der Waals surface area contributed by atoms with Crippen molar-refractivity contribution in [2.45, 2.75) is 6.54 Å². The monoisotopic (exact) mass is 323 g/mol. The molecule has 124 valence electrons. The van der Waals surface area contributed by atoms with E-state index in [1.165, 1.54) is 0 Å². The average Bonchev–Trinajstić information content (AvgIpc) is 2.98. The van der Waals surface area contributed by atoms with Crippen LogP contribution in [0.25, 0.3) is 0 Å². The van der Waals surface area contributed by atoms with Gasteiger partial charge in [-0.2, -0.15) is 0 Å². The summed E-state index contributed by atoms with van der Waals surface area (Å²) in [5.74, 6) is -0.0690. The van der Waals surface area contributed by atoms with Gasteiger partial charge in [0.1, 0.15) is 13.2 Å². The number of carbonyl (C=O) groups is 2. The van der Waals surface area contributed by atoms with E-state index in [2.05, 4.69) is 0 Å². The second kappa shape index (κ2) is 7.27. The summed E-state index contributed by atoms with van der Waals surface area (Å²) < 4.78 is 0. The second-order valence-corrected chi connectivity index (χ2v) is 6.05. The van der Waals surface area contributed by atoms with Crippen molar-refractivity contribution in [3.63, 3.8) is 0 Å². The highest BCUT2D eigenvalue weighted by Crippen LogP contribution is 2.19. The minimum absolute atomic E-state index is 0.0276. The van der Waals surface area contributed by atoms with E-state index in [-0.39, 0.29) is 18.4 Å². The van der Waals surface area contributed by atoms with Crippen LogP contribution in [0.5, 0.6) is 0 Å². The van der Waals surface area contributed by atoms with Gasteiger partial charge in [0.2, 0.25) is 11.8 Å². The molecular formula is C19H21N3O2. The van der Waals surface area contributed by atoms with E-state index >= 15 is 0 Å². The van der Waals surface area contributed by atoms with Crippen LogP contribution >= 0.6 is 0 Å². The third kappa shape index (κ3) is 3.81. The standard InChI is InChI=1S/C19H21N3O2/c1-20(12-16-8-4-2-5-9-16)13-18(23)21-14-19(24)22(15-21)17-10-6-3-7-11-17/h2-11H,12-15H2,1H3. The lowest BCUT2D eigenvalue weighted by Crippen LogP contribution is -2.38. The Morgan fingerprint density at radius 2 is 1.67 bits per heavy atom. The molecule has 24 heavy (non-hydrogen) atoms. The van der Waals surface area contributed by atoms with Gasteiger partial charge in [-0.05, 0) is 24.7 Å². The van der Waals surface area contributed by atoms with Gasteiger partial charge in [0.15, 0.2) is 0 Å². The maximum atomic E-state index is 12.5. The highest BCUT2D eigenvalue weighted by atomic mass is 16.2. The van der Waals surface area contributed by atoms with Gasteiger partial charge in [-0.1, -0.05) is 48.5 Å². The fourth-order valence-corrected chi connectivity index (χ4v) is 2.83. The molecule has 0 N–H and O–H groups in total. The number of carbonyl (C=O) groups excluding carboxylic acids is 2. The van der Waals surface area contributed by atoms with Gasteiger partial charge in [0.25, 0.3) is 0 Å². The van der Waals surface area contributed by atoms with Crippen molar-refractivity contribution >= 4 is 17.5 Å². The normalized spacial score (nSPS) is 14.5. The summed E-state index contributed by atoms with van der Waals surface area (Å²) in [6, 6.07) is 19.5. The summed E-state index contributed by atoms with van der Waals surface area (Å²) in [7, 11) is 1.91. The number of hydrogen-bond donors (Lipinski definition) is 0. The lowest BCUT2D eigenvalue weighted by molar-refractivity contribution is -0.132. The van der Waals surface area contributed by atoms with Gasteiger partial charge >= 0.3 is 0 Å². The molecule has 0 spiro atoms. The number of anilines is 1. The van der Waals surface area contributed by atoms with Crippen molar-refractivity contribution in [2.75, 3.05) is 31.7 Å². The molecule has 0 aliphatic carbocycles. The van der Waals surface area contributed by atoms with Crippen LogP contribution in [0.3, 0.4) is 0 Å². The number of amides is 2. The zero-order valence-electron chi connectivity index (χ0n) is 13.8. The second-order valence-electron chi connectivity index (χ2n) is 6.05. The molecule has 0 saturated carbocycles. The lowest BCUT2D eigenvalue weighted by Gasteiger charge is -2.21. The minimum atomic E-state index is -0.0414. The van der Waals surface area contributed by atoms with Gasteiger partial charge in [0.05, 0.1) is 6.54 Å². The van der Waals surface area contributed by atoms with Crippen LogP contribution in [-0.4, -0.2) is 48.4 Å². The molecular weight excluding hydrogens is 302 g/mol. The van der Waals surface area contributed by atoms with Crippen molar-refractivity contribution in [3.8, 4) is 0 Å². The molecule has 0 bridgehead atoms. The fourth-order valence-electron chi connectivity index (χ4n) is 2.83. The number of nitrogens with zero attached hydrogens (tertiary/aromatic N) is 3. The van der Waals surface area contributed by atoms with Crippen LogP contribution in [0.15, 0.2) is 60.7 Å². The SMILES string of the molecule is CN(CC(=O)N1CC(=O)N(c2ccccc2)C1)Cc1ccccc1. The maximum Gasteiger partial charge on any atom is 0.248 e. The first-order chi connectivity index (χ1) is 11.6. The van der Waals surface area contributed by atoms with E-state index < -0.39 is 0 Å². The van der Waals surface area contributed by atoms with Crippen LogP contribution in [0.1, 0.15) is 5.56 Å². The van der Waals surface area contributed by atoms with Crippen molar-refractivity contribution in [1.82, 2.24) is 9.80 Å². The summed E-state index contributed by atoms with van der Waals surface area (Å²) in [5.41, 5.74) is 1.99. The summed E-state index contributed by atoms with van der Waals surface area (Å²) in [4.78, 5) is 29.9.